The standard InChI is InChI=1S/C14H16N4O5/c19-13(17-14(20)16-8-12-5-2-6-23-12)9-15-10-3-1-4-11(7-10)18(21)22/h1-7,15,18,21H,8-9H2,(H2,16,17,19,20). The quantitative estimate of drug-likeness (QED) is 0.481. The first kappa shape index (κ1) is 16.5. The van der Waals surface area contributed by atoms with E-state index in [1.807, 2.05) is 0 Å². The summed E-state index contributed by atoms with van der Waals surface area (Å²) in [7, 11) is 0. The summed E-state index contributed by atoms with van der Waals surface area (Å²) in [6, 6.07) is 8.75. The molecule has 0 aliphatic heterocycles. The molecule has 0 saturated carbocycles. The summed E-state index contributed by atoms with van der Waals surface area (Å²) in [5.74, 6) is 0.0129. The molecule has 2 aromatic rings. The molecule has 1 aromatic heterocycles. The number of anilines is 1. The molecule has 0 aliphatic carbocycles. The number of amides is 3. The number of rotatable bonds is 6. The first-order valence-corrected chi connectivity index (χ1v) is 6.72. The van der Waals surface area contributed by atoms with Crippen molar-refractivity contribution < 1.29 is 24.4 Å². The SMILES string of the molecule is O=C(CNc1cccc([NH+]([O-])O)c1)NC(=O)NCc1ccco1. The fourth-order valence-electron chi connectivity index (χ4n) is 1.74. The Bertz CT molecular complexity index is 657. The molecule has 122 valence electrons. The predicted molar refractivity (Wildman–Crippen MR) is 79.8 cm³/mol. The zero-order chi connectivity index (χ0) is 16.7. The molecule has 0 aliphatic rings. The maximum Gasteiger partial charge on any atom is 0.321 e. The number of carbonyl (C=O) groups is 2. The number of imide groups is 1. The monoisotopic (exact) mass is 320 g/mol. The van der Waals surface area contributed by atoms with Crippen LogP contribution in [0.25, 0.3) is 0 Å². The van der Waals surface area contributed by atoms with E-state index in [1.54, 1.807) is 24.3 Å². The zero-order valence-corrected chi connectivity index (χ0v) is 12.0. The molecular weight excluding hydrogens is 304 g/mol. The number of furan rings is 1. The summed E-state index contributed by atoms with van der Waals surface area (Å²) in [5, 5.41) is 26.0. The zero-order valence-electron chi connectivity index (χ0n) is 12.0. The van der Waals surface area contributed by atoms with Crippen molar-refractivity contribution in [1.29, 1.82) is 0 Å². The summed E-state index contributed by atoms with van der Waals surface area (Å²) in [6.45, 7) is -0.00254. The van der Waals surface area contributed by atoms with Crippen LogP contribution >= 0.6 is 0 Å². The van der Waals surface area contributed by atoms with Crippen molar-refractivity contribution in [2.45, 2.75) is 6.54 Å². The highest BCUT2D eigenvalue weighted by Crippen LogP contribution is 2.10. The van der Waals surface area contributed by atoms with E-state index < -0.39 is 17.2 Å². The van der Waals surface area contributed by atoms with Crippen LogP contribution in [0, 0.1) is 5.21 Å². The Morgan fingerprint density at radius 2 is 2.09 bits per heavy atom. The predicted octanol–water partition coefficient (Wildman–Crippen LogP) is 0.121. The van der Waals surface area contributed by atoms with Gasteiger partial charge in [-0.2, -0.15) is 5.23 Å². The van der Waals surface area contributed by atoms with Gasteiger partial charge in [-0.15, -0.1) is 0 Å². The minimum absolute atomic E-state index is 0.103. The molecule has 5 N–H and O–H groups in total. The van der Waals surface area contributed by atoms with Gasteiger partial charge in [0.05, 0.1) is 19.4 Å². The summed E-state index contributed by atoms with van der Waals surface area (Å²) in [5.41, 5.74) is 0.572. The van der Waals surface area contributed by atoms with E-state index in [0.29, 0.717) is 11.4 Å². The topological polar surface area (TPSA) is 131 Å². The number of hydrogen-bond donors (Lipinski definition) is 5. The Balaban J connectivity index is 1.74. The number of quaternary nitrogens is 1. The third-order valence-corrected chi connectivity index (χ3v) is 2.82. The number of urea groups is 1. The fraction of sp³-hybridized carbons (Fsp3) is 0.143. The summed E-state index contributed by atoms with van der Waals surface area (Å²) >= 11 is 0. The van der Waals surface area contributed by atoms with Gasteiger partial charge in [0.25, 0.3) is 0 Å². The molecule has 9 nitrogen and oxygen atoms in total. The van der Waals surface area contributed by atoms with Crippen LogP contribution in [0.2, 0.25) is 0 Å². The van der Waals surface area contributed by atoms with E-state index in [1.165, 1.54) is 18.4 Å². The van der Waals surface area contributed by atoms with Gasteiger partial charge in [0.15, 0.2) is 5.69 Å². The smallest absolute Gasteiger partial charge is 0.321 e. The molecule has 0 radical (unpaired) electrons. The van der Waals surface area contributed by atoms with Crippen LogP contribution in [0.5, 0.6) is 0 Å². The molecule has 1 aromatic carbocycles. The first-order valence-electron chi connectivity index (χ1n) is 6.72. The van der Waals surface area contributed by atoms with Crippen molar-refractivity contribution in [1.82, 2.24) is 10.6 Å². The number of nitrogens with one attached hydrogen (secondary N) is 4. The lowest BCUT2D eigenvalue weighted by molar-refractivity contribution is -0.991. The second-order valence-electron chi connectivity index (χ2n) is 4.55. The molecular formula is C14H16N4O5. The van der Waals surface area contributed by atoms with E-state index in [-0.39, 0.29) is 18.8 Å². The molecule has 1 atom stereocenters. The van der Waals surface area contributed by atoms with Crippen LogP contribution in [0.3, 0.4) is 0 Å². The average molecular weight is 320 g/mol. The normalized spacial score (nSPS) is 11.6. The van der Waals surface area contributed by atoms with Crippen molar-refractivity contribution in [2.75, 3.05) is 11.9 Å². The van der Waals surface area contributed by atoms with Crippen molar-refractivity contribution >= 4 is 23.3 Å². The molecule has 23 heavy (non-hydrogen) atoms. The van der Waals surface area contributed by atoms with Gasteiger partial charge in [-0.05, 0) is 18.2 Å². The lowest BCUT2D eigenvalue weighted by atomic mass is 10.3. The number of benzene rings is 1. The van der Waals surface area contributed by atoms with Crippen LogP contribution < -0.4 is 21.2 Å². The Hall–Kier alpha value is -2.88. The van der Waals surface area contributed by atoms with Crippen LogP contribution in [0.4, 0.5) is 16.2 Å². The Labute approximate surface area is 131 Å². The van der Waals surface area contributed by atoms with E-state index >= 15 is 0 Å². The fourth-order valence-corrected chi connectivity index (χ4v) is 1.74. The van der Waals surface area contributed by atoms with Gasteiger partial charge in [0.2, 0.25) is 5.91 Å². The molecule has 2 rings (SSSR count). The Morgan fingerprint density at radius 3 is 2.78 bits per heavy atom. The van der Waals surface area contributed by atoms with Crippen molar-refractivity contribution in [2.24, 2.45) is 0 Å². The van der Waals surface area contributed by atoms with Gasteiger partial charge in [0, 0.05) is 17.8 Å². The largest absolute Gasteiger partial charge is 0.595 e. The van der Waals surface area contributed by atoms with E-state index in [9.17, 15) is 14.8 Å². The Morgan fingerprint density at radius 1 is 1.26 bits per heavy atom. The first-order chi connectivity index (χ1) is 11.0. The van der Waals surface area contributed by atoms with Crippen LogP contribution in [-0.2, 0) is 11.3 Å². The molecule has 9 heteroatoms. The second kappa shape index (κ2) is 7.94. The molecule has 0 fully saturated rings. The minimum atomic E-state index is -1.06. The maximum absolute atomic E-state index is 11.6. The van der Waals surface area contributed by atoms with Gasteiger partial charge in [0.1, 0.15) is 5.76 Å². The van der Waals surface area contributed by atoms with Gasteiger partial charge >= 0.3 is 6.03 Å². The molecule has 1 unspecified atom stereocenters. The average Bonchev–Trinajstić information content (AvgIpc) is 3.04. The molecule has 0 bridgehead atoms. The highest BCUT2D eigenvalue weighted by atomic mass is 16.8. The maximum atomic E-state index is 11.6. The second-order valence-corrected chi connectivity index (χ2v) is 4.55. The van der Waals surface area contributed by atoms with E-state index in [0.717, 1.165) is 0 Å². The molecule has 3 amide bonds. The van der Waals surface area contributed by atoms with Gasteiger partial charge in [-0.25, -0.2) is 10.0 Å². The Kier molecular flexibility index (Phi) is 5.69. The third-order valence-electron chi connectivity index (χ3n) is 2.82. The van der Waals surface area contributed by atoms with Crippen molar-refractivity contribution in [3.63, 3.8) is 0 Å². The lowest BCUT2D eigenvalue weighted by Crippen LogP contribution is -2.99. The number of hydrogen-bond acceptors (Lipinski definition) is 6. The van der Waals surface area contributed by atoms with Crippen LogP contribution in [0.15, 0.2) is 47.1 Å². The highest BCUT2D eigenvalue weighted by molar-refractivity contribution is 5.96. The van der Waals surface area contributed by atoms with Crippen LogP contribution in [0.1, 0.15) is 5.76 Å². The van der Waals surface area contributed by atoms with E-state index in [4.69, 9.17) is 9.62 Å². The lowest BCUT2D eigenvalue weighted by Gasteiger charge is -2.13. The summed E-state index contributed by atoms with van der Waals surface area (Å²) in [6.07, 6.45) is 1.48. The summed E-state index contributed by atoms with van der Waals surface area (Å²) < 4.78 is 5.04. The molecule has 1 heterocycles. The van der Waals surface area contributed by atoms with Gasteiger partial charge < -0.3 is 20.3 Å². The van der Waals surface area contributed by atoms with Crippen molar-refractivity contribution in [3.05, 3.63) is 53.6 Å². The summed E-state index contributed by atoms with van der Waals surface area (Å²) in [4.78, 5) is 23.1. The third kappa shape index (κ3) is 5.43. The minimum Gasteiger partial charge on any atom is -0.595 e. The molecule has 0 saturated heterocycles. The van der Waals surface area contributed by atoms with Crippen molar-refractivity contribution in [3.8, 4) is 0 Å². The van der Waals surface area contributed by atoms with E-state index in [2.05, 4.69) is 16.0 Å². The highest BCUT2D eigenvalue weighted by Gasteiger charge is 2.08. The van der Waals surface area contributed by atoms with Gasteiger partial charge in [-0.3, -0.25) is 10.1 Å². The van der Waals surface area contributed by atoms with Gasteiger partial charge in [-0.1, -0.05) is 6.07 Å². The van der Waals surface area contributed by atoms with Crippen LogP contribution in [-0.4, -0.2) is 23.7 Å². The molecule has 0 spiro atoms. The number of carbonyl (C=O) groups excluding carboxylic acids is 2.